The van der Waals surface area contributed by atoms with E-state index in [1.54, 1.807) is 44.4 Å². The van der Waals surface area contributed by atoms with Gasteiger partial charge in [0.25, 0.3) is 0 Å². The molecule has 6 nitrogen and oxygen atoms in total. The van der Waals surface area contributed by atoms with Crippen LogP contribution in [0.5, 0.6) is 0 Å². The molecule has 9 heteroatoms. The fraction of sp³-hybridized carbons (Fsp3) is 0.312. The lowest BCUT2D eigenvalue weighted by molar-refractivity contribution is -0.159. The first kappa shape index (κ1) is 18.5. The van der Waals surface area contributed by atoms with Crippen LogP contribution in [0.25, 0.3) is 11.4 Å². The average Bonchev–Trinajstić information content (AvgIpc) is 3.05. The number of hydrogen-bond acceptors (Lipinski definition) is 4. The number of alkyl halides is 3. The van der Waals surface area contributed by atoms with Crippen molar-refractivity contribution in [3.63, 3.8) is 0 Å². The molecule has 2 aromatic rings. The van der Waals surface area contributed by atoms with E-state index in [4.69, 9.17) is 0 Å². The van der Waals surface area contributed by atoms with Crippen molar-refractivity contribution in [1.82, 2.24) is 19.9 Å². The lowest BCUT2D eigenvalue weighted by atomic mass is 10.1. The van der Waals surface area contributed by atoms with Crippen molar-refractivity contribution in [1.29, 1.82) is 0 Å². The van der Waals surface area contributed by atoms with Crippen molar-refractivity contribution in [3.8, 4) is 11.4 Å². The number of halogens is 3. The summed E-state index contributed by atoms with van der Waals surface area (Å²) < 4.78 is 41.6. The third-order valence-electron chi connectivity index (χ3n) is 3.36. The van der Waals surface area contributed by atoms with Crippen molar-refractivity contribution < 1.29 is 22.5 Å². The first-order valence-corrected chi connectivity index (χ1v) is 7.29. The van der Waals surface area contributed by atoms with Gasteiger partial charge in [-0.05, 0) is 5.56 Å². The Morgan fingerprint density at radius 3 is 2.40 bits per heavy atom. The summed E-state index contributed by atoms with van der Waals surface area (Å²) in [5, 5.41) is 3.33. The molecular formula is C16H17F3N4O2. The van der Waals surface area contributed by atoms with E-state index in [1.165, 1.54) is 9.80 Å². The fourth-order valence-corrected chi connectivity index (χ4v) is 2.12. The number of carbonyl (C=O) groups is 1. The molecule has 0 N–H and O–H groups in total. The molecule has 0 saturated carbocycles. The maximum Gasteiger partial charge on any atom is 0.471 e. The van der Waals surface area contributed by atoms with Crippen LogP contribution in [0.2, 0.25) is 0 Å². The Hall–Kier alpha value is -2.84. The Bertz CT molecular complexity index is 741. The minimum Gasteiger partial charge on any atom is -0.329 e. The minimum atomic E-state index is -4.67. The topological polar surface area (TPSA) is 62.5 Å². The molecule has 25 heavy (non-hydrogen) atoms. The number of likely N-dealkylation sites (N-methyl/N-ethyl adjacent to an activating group) is 1. The normalized spacial score (nSPS) is 11.2. The van der Waals surface area contributed by atoms with Crippen LogP contribution in [0.3, 0.4) is 0 Å². The Morgan fingerprint density at radius 1 is 1.24 bits per heavy atom. The molecule has 0 bridgehead atoms. The molecule has 1 aromatic carbocycles. The largest absolute Gasteiger partial charge is 0.471 e. The molecule has 2 rings (SSSR count). The molecule has 0 aliphatic carbocycles. The van der Waals surface area contributed by atoms with E-state index >= 15 is 0 Å². The third-order valence-corrected chi connectivity index (χ3v) is 3.36. The second-order valence-electron chi connectivity index (χ2n) is 5.43. The van der Waals surface area contributed by atoms with E-state index in [2.05, 4.69) is 21.2 Å². The van der Waals surface area contributed by atoms with Crippen LogP contribution < -0.4 is 0 Å². The molecule has 0 fully saturated rings. The number of carbonyl (C=O) groups excluding carboxylic acids is 1. The Morgan fingerprint density at radius 2 is 1.88 bits per heavy atom. The number of benzene rings is 1. The number of hydrogen-bond donors (Lipinski definition) is 0. The summed E-state index contributed by atoms with van der Waals surface area (Å²) in [6, 6.07) is 6.36. The SMILES string of the molecule is C=CCN(C)C(=O)N(C)Cc1ccc(-c2noc(C(F)(F)F)n2)cc1. The first-order valence-electron chi connectivity index (χ1n) is 7.29. The van der Waals surface area contributed by atoms with Crippen LogP contribution in [0.4, 0.5) is 18.0 Å². The van der Waals surface area contributed by atoms with Gasteiger partial charge in [0.15, 0.2) is 0 Å². The molecule has 0 spiro atoms. The summed E-state index contributed by atoms with van der Waals surface area (Å²) in [5.74, 6) is -1.53. The summed E-state index contributed by atoms with van der Waals surface area (Å²) in [6.07, 6.45) is -3.05. The van der Waals surface area contributed by atoms with Crippen LogP contribution in [0.1, 0.15) is 11.5 Å². The van der Waals surface area contributed by atoms with Gasteiger partial charge in [-0.2, -0.15) is 18.2 Å². The van der Waals surface area contributed by atoms with Gasteiger partial charge in [-0.3, -0.25) is 0 Å². The zero-order chi connectivity index (χ0) is 18.6. The van der Waals surface area contributed by atoms with Gasteiger partial charge in [0.1, 0.15) is 0 Å². The smallest absolute Gasteiger partial charge is 0.329 e. The van der Waals surface area contributed by atoms with Crippen LogP contribution in [-0.2, 0) is 12.7 Å². The van der Waals surface area contributed by atoms with Gasteiger partial charge in [-0.25, -0.2) is 4.79 Å². The highest BCUT2D eigenvalue weighted by Crippen LogP contribution is 2.29. The van der Waals surface area contributed by atoms with Crippen molar-refractivity contribution in [3.05, 3.63) is 48.4 Å². The average molecular weight is 354 g/mol. The van der Waals surface area contributed by atoms with Gasteiger partial charge in [0.2, 0.25) is 5.82 Å². The summed E-state index contributed by atoms with van der Waals surface area (Å²) >= 11 is 0. The zero-order valence-corrected chi connectivity index (χ0v) is 13.7. The fourth-order valence-electron chi connectivity index (χ4n) is 2.12. The van der Waals surface area contributed by atoms with E-state index in [-0.39, 0.29) is 11.9 Å². The van der Waals surface area contributed by atoms with Crippen LogP contribution >= 0.6 is 0 Å². The number of rotatable bonds is 5. The molecule has 0 atom stereocenters. The number of urea groups is 1. The van der Waals surface area contributed by atoms with Gasteiger partial charge < -0.3 is 14.3 Å². The molecule has 0 unspecified atom stereocenters. The van der Waals surface area contributed by atoms with E-state index in [0.29, 0.717) is 18.7 Å². The minimum absolute atomic E-state index is 0.144. The summed E-state index contributed by atoms with van der Waals surface area (Å²) in [6.45, 7) is 4.36. The molecule has 0 saturated heterocycles. The van der Waals surface area contributed by atoms with Crippen LogP contribution in [0.15, 0.2) is 41.4 Å². The van der Waals surface area contributed by atoms with Gasteiger partial charge in [-0.1, -0.05) is 35.5 Å². The van der Waals surface area contributed by atoms with Crippen molar-refractivity contribution >= 4 is 6.03 Å². The number of amides is 2. The second kappa shape index (κ2) is 7.37. The molecule has 2 amide bonds. The maximum absolute atomic E-state index is 12.5. The first-order chi connectivity index (χ1) is 11.7. The molecule has 134 valence electrons. The highest BCUT2D eigenvalue weighted by Gasteiger charge is 2.38. The Kier molecular flexibility index (Phi) is 5.45. The predicted octanol–water partition coefficient (Wildman–Crippen LogP) is 3.43. The molecule has 0 radical (unpaired) electrons. The maximum atomic E-state index is 12.5. The lowest BCUT2D eigenvalue weighted by Crippen LogP contribution is -2.38. The summed E-state index contributed by atoms with van der Waals surface area (Å²) in [5.41, 5.74) is 1.20. The molecule has 0 aliphatic rings. The predicted molar refractivity (Wildman–Crippen MR) is 84.4 cm³/mol. The Labute approximate surface area is 142 Å². The van der Waals surface area contributed by atoms with Crippen molar-refractivity contribution in [2.45, 2.75) is 12.7 Å². The standard InChI is InChI=1S/C16H17F3N4O2/c1-4-9-22(2)15(24)23(3)10-11-5-7-12(8-6-11)13-20-14(25-21-13)16(17,18)19/h4-8H,1,9-10H2,2-3H3. The summed E-state index contributed by atoms with van der Waals surface area (Å²) in [4.78, 5) is 18.5. The van der Waals surface area contributed by atoms with Crippen LogP contribution in [0, 0.1) is 0 Å². The molecular weight excluding hydrogens is 337 g/mol. The highest BCUT2D eigenvalue weighted by molar-refractivity contribution is 5.74. The quantitative estimate of drug-likeness (QED) is 0.772. The summed E-state index contributed by atoms with van der Waals surface area (Å²) in [7, 11) is 3.32. The van der Waals surface area contributed by atoms with Gasteiger partial charge >= 0.3 is 18.1 Å². The monoisotopic (exact) mass is 354 g/mol. The number of aromatic nitrogens is 2. The zero-order valence-electron chi connectivity index (χ0n) is 13.7. The van der Waals surface area contributed by atoms with Gasteiger partial charge in [0, 0.05) is 32.7 Å². The molecule has 1 aromatic heterocycles. The Balaban J connectivity index is 2.06. The van der Waals surface area contributed by atoms with Crippen molar-refractivity contribution in [2.75, 3.05) is 20.6 Å². The van der Waals surface area contributed by atoms with E-state index < -0.39 is 12.1 Å². The van der Waals surface area contributed by atoms with Gasteiger partial charge in [0.05, 0.1) is 0 Å². The van der Waals surface area contributed by atoms with E-state index in [0.717, 1.165) is 5.56 Å². The molecule has 0 aliphatic heterocycles. The highest BCUT2D eigenvalue weighted by atomic mass is 19.4. The molecule has 1 heterocycles. The van der Waals surface area contributed by atoms with Crippen LogP contribution in [-0.4, -0.2) is 46.6 Å². The lowest BCUT2D eigenvalue weighted by Gasteiger charge is -2.24. The van der Waals surface area contributed by atoms with Gasteiger partial charge in [-0.15, -0.1) is 6.58 Å². The van der Waals surface area contributed by atoms with E-state index in [9.17, 15) is 18.0 Å². The number of nitrogens with zero attached hydrogens (tertiary/aromatic N) is 4. The third kappa shape index (κ3) is 4.59. The van der Waals surface area contributed by atoms with E-state index in [1.807, 2.05) is 0 Å². The second-order valence-corrected chi connectivity index (χ2v) is 5.43. The van der Waals surface area contributed by atoms with Crippen molar-refractivity contribution in [2.24, 2.45) is 0 Å².